The zero-order chi connectivity index (χ0) is 30.0. The molecule has 2 heterocycles. The molecule has 0 saturated heterocycles. The molecule has 0 bridgehead atoms. The van der Waals surface area contributed by atoms with Gasteiger partial charge in [-0.15, -0.1) is 0 Å². The molecule has 5 rings (SSSR count). The minimum atomic E-state index is -0.792. The highest BCUT2D eigenvalue weighted by Crippen LogP contribution is 2.39. The number of fused-ring (bicyclic) bond motifs is 1. The van der Waals surface area contributed by atoms with Crippen molar-refractivity contribution in [2.45, 2.75) is 59.0 Å². The number of aryl methyl sites for hydroxylation is 2. The minimum Gasteiger partial charge on any atom is -0.355 e. The van der Waals surface area contributed by atoms with Crippen molar-refractivity contribution >= 4 is 28.3 Å². The molecule has 214 valence electrons. The van der Waals surface area contributed by atoms with Gasteiger partial charge in [-0.2, -0.15) is 0 Å². The van der Waals surface area contributed by atoms with Crippen molar-refractivity contribution in [3.8, 4) is 5.69 Å². The third-order valence-electron chi connectivity index (χ3n) is 7.54. The third-order valence-corrected chi connectivity index (χ3v) is 7.54. The van der Waals surface area contributed by atoms with Crippen LogP contribution in [0.5, 0.6) is 0 Å². The number of benzene rings is 2. The number of hydrogen-bond donors (Lipinski definition) is 1. The summed E-state index contributed by atoms with van der Waals surface area (Å²) in [6.07, 6.45) is 1.32. The lowest BCUT2D eigenvalue weighted by Gasteiger charge is -2.39. The summed E-state index contributed by atoms with van der Waals surface area (Å²) in [5.74, 6) is -0.668. The zero-order valence-electron chi connectivity index (χ0n) is 24.3. The van der Waals surface area contributed by atoms with Crippen LogP contribution in [0.1, 0.15) is 61.1 Å². The lowest BCUT2D eigenvalue weighted by Crippen LogP contribution is -2.45. The molecule has 1 aliphatic rings. The van der Waals surface area contributed by atoms with Gasteiger partial charge in [-0.25, -0.2) is 9.18 Å². The van der Waals surface area contributed by atoms with E-state index in [1.54, 1.807) is 62.2 Å². The molecular weight excluding hydrogens is 525 g/mol. The Balaban J connectivity index is 2.03. The third kappa shape index (κ3) is 4.57. The maximum absolute atomic E-state index is 15.6. The van der Waals surface area contributed by atoms with Gasteiger partial charge in [0.1, 0.15) is 17.0 Å². The van der Waals surface area contributed by atoms with E-state index in [1.165, 1.54) is 26.8 Å². The predicted molar refractivity (Wildman–Crippen MR) is 158 cm³/mol. The summed E-state index contributed by atoms with van der Waals surface area (Å²) in [5, 5.41) is 2.70. The minimum absolute atomic E-state index is 0.122. The van der Waals surface area contributed by atoms with E-state index in [0.717, 1.165) is 5.56 Å². The lowest BCUT2D eigenvalue weighted by atomic mass is 10.0. The Morgan fingerprint density at radius 1 is 1.02 bits per heavy atom. The van der Waals surface area contributed by atoms with Crippen LogP contribution in [-0.4, -0.2) is 32.2 Å². The molecule has 1 amide bonds. The van der Waals surface area contributed by atoms with Gasteiger partial charge in [-0.3, -0.25) is 28.1 Å². The summed E-state index contributed by atoms with van der Waals surface area (Å²) in [7, 11) is 3.06. The Labute approximate surface area is 236 Å². The van der Waals surface area contributed by atoms with Crippen molar-refractivity contribution in [3.63, 3.8) is 0 Å². The van der Waals surface area contributed by atoms with E-state index in [4.69, 9.17) is 0 Å². The van der Waals surface area contributed by atoms with Gasteiger partial charge >= 0.3 is 5.69 Å². The molecule has 2 aromatic carbocycles. The number of anilines is 2. The van der Waals surface area contributed by atoms with Crippen molar-refractivity contribution in [1.29, 1.82) is 0 Å². The van der Waals surface area contributed by atoms with Crippen LogP contribution in [0.4, 0.5) is 15.9 Å². The number of nitrogens with zero attached hydrogens (tertiary/aromatic N) is 4. The fraction of sp³-hybridized carbons (Fsp3) is 0.355. The summed E-state index contributed by atoms with van der Waals surface area (Å²) in [6, 6.07) is 11.0. The molecule has 10 heteroatoms. The van der Waals surface area contributed by atoms with Gasteiger partial charge in [-0.1, -0.05) is 12.1 Å². The molecule has 2 aromatic heterocycles. The van der Waals surface area contributed by atoms with E-state index >= 15 is 4.39 Å². The standard InChI is InChI=1S/C31H34FN5O4/c1-17-11-14-23(22(32)15-17)37(31(3,4)5)27-24-25(18(2)28(39)34(27)7)35(30(41)36(29(24)40)20-12-13-20)21-10-8-9-19(16-21)26(38)33-6/h8-11,14-16,20H,12-13H2,1-7H3,(H,33,38). The first kappa shape index (κ1) is 28.1. The maximum atomic E-state index is 15.6. The second-order valence-electron chi connectivity index (χ2n) is 11.7. The van der Waals surface area contributed by atoms with Crippen LogP contribution in [-0.2, 0) is 7.05 Å². The SMILES string of the molecule is CNC(=O)c1cccc(-n2c(=O)n(C3CC3)c(=O)c3c(N(c4ccc(C)cc4F)C(C)(C)C)n(C)c(=O)c(C)c32)c1. The largest absolute Gasteiger partial charge is 0.355 e. The molecule has 4 aromatic rings. The molecule has 1 fully saturated rings. The quantitative estimate of drug-likeness (QED) is 0.395. The topological polar surface area (TPSA) is 98.3 Å². The van der Waals surface area contributed by atoms with Gasteiger partial charge in [0, 0.05) is 36.8 Å². The normalized spacial score (nSPS) is 13.5. The van der Waals surface area contributed by atoms with Crippen LogP contribution in [0.3, 0.4) is 0 Å². The lowest BCUT2D eigenvalue weighted by molar-refractivity contribution is 0.0963. The van der Waals surface area contributed by atoms with Crippen LogP contribution < -0.4 is 27.0 Å². The highest BCUT2D eigenvalue weighted by molar-refractivity contribution is 5.96. The van der Waals surface area contributed by atoms with E-state index in [9.17, 15) is 19.2 Å². The Morgan fingerprint density at radius 3 is 2.29 bits per heavy atom. The van der Waals surface area contributed by atoms with Gasteiger partial charge in [0.25, 0.3) is 17.0 Å². The van der Waals surface area contributed by atoms with E-state index in [0.29, 0.717) is 24.1 Å². The second-order valence-corrected chi connectivity index (χ2v) is 11.7. The van der Waals surface area contributed by atoms with Crippen molar-refractivity contribution in [2.75, 3.05) is 11.9 Å². The Kier molecular flexibility index (Phi) is 6.75. The van der Waals surface area contributed by atoms with E-state index < -0.39 is 28.2 Å². The van der Waals surface area contributed by atoms with Crippen LogP contribution in [0.2, 0.25) is 0 Å². The maximum Gasteiger partial charge on any atom is 0.336 e. The number of carbonyl (C=O) groups is 1. The number of rotatable bonds is 5. The molecule has 1 N–H and O–H groups in total. The van der Waals surface area contributed by atoms with E-state index in [1.807, 2.05) is 20.8 Å². The van der Waals surface area contributed by atoms with Crippen LogP contribution >= 0.6 is 0 Å². The number of halogens is 1. The van der Waals surface area contributed by atoms with E-state index in [-0.39, 0.29) is 39.9 Å². The molecule has 0 unspecified atom stereocenters. The number of amides is 1. The number of nitrogens with one attached hydrogen (secondary N) is 1. The van der Waals surface area contributed by atoms with Gasteiger partial charge < -0.3 is 10.2 Å². The molecule has 41 heavy (non-hydrogen) atoms. The Hall–Kier alpha value is -4.47. The van der Waals surface area contributed by atoms with Gasteiger partial charge in [0.2, 0.25) is 0 Å². The number of aromatic nitrogens is 3. The summed E-state index contributed by atoms with van der Waals surface area (Å²) < 4.78 is 19.5. The van der Waals surface area contributed by atoms with Gasteiger partial charge in [0.05, 0.1) is 16.9 Å². The number of carbonyl (C=O) groups excluding carboxylic acids is 1. The number of hydrogen-bond acceptors (Lipinski definition) is 5. The zero-order valence-corrected chi connectivity index (χ0v) is 24.3. The first-order valence-electron chi connectivity index (χ1n) is 13.6. The summed E-state index contributed by atoms with van der Waals surface area (Å²) >= 11 is 0. The highest BCUT2D eigenvalue weighted by atomic mass is 19.1. The summed E-state index contributed by atoms with van der Waals surface area (Å²) in [4.78, 5) is 56.3. The Bertz CT molecular complexity index is 1910. The van der Waals surface area contributed by atoms with Crippen LogP contribution in [0, 0.1) is 19.7 Å². The van der Waals surface area contributed by atoms with E-state index in [2.05, 4.69) is 5.32 Å². The monoisotopic (exact) mass is 559 g/mol. The molecule has 1 saturated carbocycles. The van der Waals surface area contributed by atoms with Gasteiger partial charge in [-0.05, 0) is 83.4 Å². The highest BCUT2D eigenvalue weighted by Gasteiger charge is 2.35. The summed E-state index contributed by atoms with van der Waals surface area (Å²) in [6.45, 7) is 8.95. The fourth-order valence-corrected chi connectivity index (χ4v) is 5.47. The molecule has 0 aliphatic heterocycles. The van der Waals surface area contributed by atoms with Crippen molar-refractivity contribution in [3.05, 3.63) is 96.2 Å². The molecule has 9 nitrogen and oxygen atoms in total. The first-order chi connectivity index (χ1) is 19.3. The average molecular weight is 560 g/mol. The van der Waals surface area contributed by atoms with Crippen LogP contribution in [0.25, 0.3) is 16.6 Å². The van der Waals surface area contributed by atoms with Crippen molar-refractivity contribution < 1.29 is 9.18 Å². The molecule has 0 atom stereocenters. The first-order valence-corrected chi connectivity index (χ1v) is 13.6. The second kappa shape index (κ2) is 9.87. The Morgan fingerprint density at radius 2 is 1.71 bits per heavy atom. The summed E-state index contributed by atoms with van der Waals surface area (Å²) in [5.41, 5.74) is -0.475. The molecule has 0 spiro atoms. The number of pyridine rings is 1. The van der Waals surface area contributed by atoms with Crippen molar-refractivity contribution in [1.82, 2.24) is 19.0 Å². The fourth-order valence-electron chi connectivity index (χ4n) is 5.47. The molecule has 0 radical (unpaired) electrons. The van der Waals surface area contributed by atoms with Gasteiger partial charge in [0.15, 0.2) is 0 Å². The molecular formula is C31H34FN5O4. The van der Waals surface area contributed by atoms with Crippen molar-refractivity contribution in [2.24, 2.45) is 7.05 Å². The van der Waals surface area contributed by atoms with Crippen LogP contribution in [0.15, 0.2) is 56.8 Å². The average Bonchev–Trinajstić information content (AvgIpc) is 3.75. The smallest absolute Gasteiger partial charge is 0.336 e. The predicted octanol–water partition coefficient (Wildman–Crippen LogP) is 4.24. The molecule has 1 aliphatic carbocycles.